The summed E-state index contributed by atoms with van der Waals surface area (Å²) in [6, 6.07) is 12.7. The van der Waals surface area contributed by atoms with Gasteiger partial charge in [0.2, 0.25) is 0 Å². The zero-order valence-corrected chi connectivity index (χ0v) is 16.8. The van der Waals surface area contributed by atoms with Crippen LogP contribution in [-0.2, 0) is 17.7 Å². The van der Waals surface area contributed by atoms with E-state index in [1.165, 1.54) is 4.57 Å². The highest BCUT2D eigenvalue weighted by Gasteiger charge is 2.12. The number of hydrogen-bond donors (Lipinski definition) is 2. The summed E-state index contributed by atoms with van der Waals surface area (Å²) in [5, 5.41) is 3.44. The normalized spacial score (nSPS) is 10.9. The zero-order valence-electron chi connectivity index (χ0n) is 16.0. The molecule has 1 amide bonds. The Hall–Kier alpha value is -2.77. The molecule has 3 rings (SSSR count). The van der Waals surface area contributed by atoms with E-state index in [1.54, 1.807) is 25.3 Å². The van der Waals surface area contributed by atoms with Gasteiger partial charge >= 0.3 is 0 Å². The first-order chi connectivity index (χ1) is 13.5. The monoisotopic (exact) mass is 397 g/mol. The van der Waals surface area contributed by atoms with Crippen molar-refractivity contribution in [2.75, 3.05) is 19.0 Å². The maximum Gasteiger partial charge on any atom is 0.262 e. The minimum atomic E-state index is -0.230. The van der Waals surface area contributed by atoms with Crippen LogP contribution in [-0.4, -0.2) is 29.2 Å². The minimum absolute atomic E-state index is 0.168. The second kappa shape index (κ2) is 8.95. The number of aromatic amines is 1. The van der Waals surface area contributed by atoms with Crippen LogP contribution in [0.3, 0.4) is 0 Å². The van der Waals surface area contributed by atoms with Gasteiger partial charge in [-0.25, -0.2) is 0 Å². The third-order valence-corrected chi connectivity index (χ3v) is 4.94. The number of nitrogens with one attached hydrogen (secondary N) is 2. The summed E-state index contributed by atoms with van der Waals surface area (Å²) >= 11 is 5.33. The number of benzene rings is 2. The van der Waals surface area contributed by atoms with Gasteiger partial charge in [0.1, 0.15) is 0 Å². The van der Waals surface area contributed by atoms with Crippen LogP contribution >= 0.6 is 12.2 Å². The molecule has 0 radical (unpaired) electrons. The molecule has 7 heteroatoms. The molecule has 1 aromatic heterocycles. The van der Waals surface area contributed by atoms with E-state index in [1.807, 2.05) is 31.2 Å². The Morgan fingerprint density at radius 3 is 2.79 bits per heavy atom. The number of carbonyl (C=O) groups is 1. The molecule has 0 aliphatic rings. The lowest BCUT2D eigenvalue weighted by Gasteiger charge is -2.11. The van der Waals surface area contributed by atoms with Crippen molar-refractivity contribution in [3.8, 4) is 0 Å². The van der Waals surface area contributed by atoms with Gasteiger partial charge in [0, 0.05) is 31.5 Å². The molecule has 2 N–H and O–H groups in total. The third kappa shape index (κ3) is 4.21. The van der Waals surface area contributed by atoms with E-state index in [-0.39, 0.29) is 11.5 Å². The van der Waals surface area contributed by atoms with Crippen molar-refractivity contribution in [3.05, 3.63) is 68.7 Å². The van der Waals surface area contributed by atoms with Gasteiger partial charge in [-0.15, -0.1) is 0 Å². The van der Waals surface area contributed by atoms with Crippen molar-refractivity contribution in [1.29, 1.82) is 0 Å². The number of anilines is 1. The lowest BCUT2D eigenvalue weighted by atomic mass is 10.1. The first kappa shape index (κ1) is 20.0. The molecule has 28 heavy (non-hydrogen) atoms. The predicted molar refractivity (Wildman–Crippen MR) is 114 cm³/mol. The number of nitrogens with zero attached hydrogens (tertiary/aromatic N) is 1. The molecule has 3 aromatic rings. The minimum Gasteiger partial charge on any atom is -0.385 e. The van der Waals surface area contributed by atoms with Gasteiger partial charge < -0.3 is 15.0 Å². The first-order valence-electron chi connectivity index (χ1n) is 9.20. The fraction of sp³-hybridized carbons (Fsp3) is 0.286. The Bertz CT molecular complexity index is 1120. The molecule has 0 aliphatic heterocycles. The van der Waals surface area contributed by atoms with Crippen molar-refractivity contribution in [3.63, 3.8) is 0 Å². The van der Waals surface area contributed by atoms with Crippen molar-refractivity contribution in [2.24, 2.45) is 0 Å². The molecule has 0 atom stereocenters. The molecule has 0 fully saturated rings. The molecular formula is C21H23N3O3S. The van der Waals surface area contributed by atoms with Gasteiger partial charge in [-0.05, 0) is 54.9 Å². The molecule has 0 saturated heterocycles. The molecule has 1 heterocycles. The largest absolute Gasteiger partial charge is 0.385 e. The molecule has 146 valence electrons. The molecule has 0 unspecified atom stereocenters. The standard InChI is InChI=1S/C21H23N3O3S/c1-3-14-7-4-5-8-17(14)22-19(25)15-9-10-16-18(13-15)23-21(28)24(20(16)26)11-6-12-27-2/h4-5,7-10,13H,3,6,11-12H2,1-2H3,(H,22,25)(H,23,28). The quantitative estimate of drug-likeness (QED) is 0.468. The fourth-order valence-electron chi connectivity index (χ4n) is 3.11. The van der Waals surface area contributed by atoms with Crippen LogP contribution in [0, 0.1) is 4.77 Å². The predicted octanol–water partition coefficient (Wildman–Crippen LogP) is 3.91. The number of H-pyrrole nitrogens is 1. The zero-order chi connectivity index (χ0) is 20.1. The Morgan fingerprint density at radius 1 is 1.25 bits per heavy atom. The second-order valence-corrected chi connectivity index (χ2v) is 6.85. The van der Waals surface area contributed by atoms with Gasteiger partial charge in [0.15, 0.2) is 4.77 Å². The fourth-order valence-corrected chi connectivity index (χ4v) is 3.39. The summed E-state index contributed by atoms with van der Waals surface area (Å²) in [6.07, 6.45) is 1.51. The van der Waals surface area contributed by atoms with Crippen LogP contribution < -0.4 is 10.9 Å². The topological polar surface area (TPSA) is 76.1 Å². The molecule has 0 saturated carbocycles. The smallest absolute Gasteiger partial charge is 0.262 e. The van der Waals surface area contributed by atoms with Gasteiger partial charge in [0.05, 0.1) is 10.9 Å². The van der Waals surface area contributed by atoms with E-state index in [9.17, 15) is 9.59 Å². The maximum absolute atomic E-state index is 12.7. The Labute approximate surface area is 168 Å². The van der Waals surface area contributed by atoms with E-state index in [0.29, 0.717) is 40.8 Å². The highest BCUT2D eigenvalue weighted by molar-refractivity contribution is 7.71. The van der Waals surface area contributed by atoms with Crippen LogP contribution in [0.1, 0.15) is 29.3 Å². The third-order valence-electron chi connectivity index (χ3n) is 4.62. The number of hydrogen-bond acceptors (Lipinski definition) is 4. The Balaban J connectivity index is 1.92. The van der Waals surface area contributed by atoms with Crippen molar-refractivity contribution in [1.82, 2.24) is 9.55 Å². The average molecular weight is 398 g/mol. The highest BCUT2D eigenvalue weighted by Crippen LogP contribution is 2.18. The van der Waals surface area contributed by atoms with E-state index in [4.69, 9.17) is 17.0 Å². The van der Waals surface area contributed by atoms with E-state index >= 15 is 0 Å². The summed E-state index contributed by atoms with van der Waals surface area (Å²) in [4.78, 5) is 28.5. The summed E-state index contributed by atoms with van der Waals surface area (Å²) in [5.41, 5.74) is 2.69. The Morgan fingerprint density at radius 2 is 2.04 bits per heavy atom. The second-order valence-electron chi connectivity index (χ2n) is 6.46. The van der Waals surface area contributed by atoms with E-state index < -0.39 is 0 Å². The van der Waals surface area contributed by atoms with Gasteiger partial charge in [0.25, 0.3) is 11.5 Å². The van der Waals surface area contributed by atoms with Crippen molar-refractivity contribution >= 4 is 34.7 Å². The van der Waals surface area contributed by atoms with Crippen LogP contribution in [0.5, 0.6) is 0 Å². The van der Waals surface area contributed by atoms with Gasteiger partial charge in [-0.3, -0.25) is 14.2 Å². The molecule has 0 spiro atoms. The van der Waals surface area contributed by atoms with E-state index in [2.05, 4.69) is 10.3 Å². The number of ether oxygens (including phenoxy) is 1. The summed E-state index contributed by atoms with van der Waals surface area (Å²) < 4.78 is 6.89. The number of methoxy groups -OCH3 is 1. The van der Waals surface area contributed by atoms with Crippen molar-refractivity contribution < 1.29 is 9.53 Å². The molecule has 6 nitrogen and oxygen atoms in total. The number of aryl methyl sites for hydroxylation is 1. The number of aromatic nitrogens is 2. The average Bonchev–Trinajstić information content (AvgIpc) is 2.70. The van der Waals surface area contributed by atoms with Gasteiger partial charge in [-0.1, -0.05) is 25.1 Å². The van der Waals surface area contributed by atoms with E-state index in [0.717, 1.165) is 17.7 Å². The number of rotatable bonds is 7. The molecule has 2 aromatic carbocycles. The van der Waals surface area contributed by atoms with Crippen LogP contribution in [0.4, 0.5) is 5.69 Å². The lowest BCUT2D eigenvalue weighted by molar-refractivity contribution is 0.102. The van der Waals surface area contributed by atoms with Crippen LogP contribution in [0.15, 0.2) is 47.3 Å². The number of fused-ring (bicyclic) bond motifs is 1. The summed E-state index contributed by atoms with van der Waals surface area (Å²) in [7, 11) is 1.62. The Kier molecular flexibility index (Phi) is 6.38. The van der Waals surface area contributed by atoms with Crippen LogP contribution in [0.25, 0.3) is 10.9 Å². The molecular weight excluding hydrogens is 374 g/mol. The van der Waals surface area contributed by atoms with Crippen molar-refractivity contribution in [2.45, 2.75) is 26.3 Å². The number of amides is 1. The first-order valence-corrected chi connectivity index (χ1v) is 9.61. The number of para-hydroxylation sites is 1. The summed E-state index contributed by atoms with van der Waals surface area (Å²) in [5.74, 6) is -0.230. The lowest BCUT2D eigenvalue weighted by Crippen LogP contribution is -2.23. The maximum atomic E-state index is 12.7. The molecule has 0 aliphatic carbocycles. The number of carbonyl (C=O) groups excluding carboxylic acids is 1. The molecule has 0 bridgehead atoms. The van der Waals surface area contributed by atoms with Gasteiger partial charge in [-0.2, -0.15) is 0 Å². The SMILES string of the molecule is CCc1ccccc1NC(=O)c1ccc2c(=O)n(CCCOC)c(=S)[nH]c2c1. The van der Waals surface area contributed by atoms with Crippen LogP contribution in [0.2, 0.25) is 0 Å². The summed E-state index contributed by atoms with van der Waals surface area (Å²) in [6.45, 7) is 3.07. The highest BCUT2D eigenvalue weighted by atomic mass is 32.1.